The van der Waals surface area contributed by atoms with Crippen LogP contribution in [0.1, 0.15) is 42.6 Å². The first-order chi connectivity index (χ1) is 13.1. The Kier molecular flexibility index (Phi) is 6.39. The third-order valence-corrected chi connectivity index (χ3v) is 4.75. The summed E-state index contributed by atoms with van der Waals surface area (Å²) < 4.78 is 0. The number of amides is 1. The molecule has 0 aliphatic rings. The number of hydrogen-bond donors (Lipinski definition) is 2. The van der Waals surface area contributed by atoms with Gasteiger partial charge in [-0.25, -0.2) is 0 Å². The summed E-state index contributed by atoms with van der Waals surface area (Å²) in [6.45, 7) is 3.98. The third-order valence-electron chi connectivity index (χ3n) is 4.75. The minimum atomic E-state index is -0.310. The molecule has 0 spiro atoms. The number of carbonyl (C=O) groups excluding carboxylic acids is 1. The maximum Gasteiger partial charge on any atom is 0.237 e. The summed E-state index contributed by atoms with van der Waals surface area (Å²) in [5, 5.41) is 6.60. The topological polar surface area (TPSA) is 41.1 Å². The van der Waals surface area contributed by atoms with Crippen LogP contribution in [0.3, 0.4) is 0 Å². The number of rotatable bonds is 7. The predicted molar refractivity (Wildman–Crippen MR) is 110 cm³/mol. The Bertz CT molecular complexity index is 795. The van der Waals surface area contributed by atoms with Gasteiger partial charge in [0.15, 0.2) is 0 Å². The molecule has 3 aromatic rings. The van der Waals surface area contributed by atoms with Crippen LogP contribution in [-0.4, -0.2) is 11.9 Å². The normalized spacial score (nSPS) is 13.1. The minimum absolute atomic E-state index is 0.0181. The lowest BCUT2D eigenvalue weighted by Crippen LogP contribution is -2.44. The Morgan fingerprint density at radius 2 is 1.07 bits per heavy atom. The molecule has 2 N–H and O–H groups in total. The van der Waals surface area contributed by atoms with E-state index in [0.29, 0.717) is 0 Å². The second-order valence-corrected chi connectivity index (χ2v) is 6.78. The summed E-state index contributed by atoms with van der Waals surface area (Å²) in [7, 11) is 0. The summed E-state index contributed by atoms with van der Waals surface area (Å²) in [5.41, 5.74) is 3.31. The molecule has 0 aliphatic heterocycles. The molecular formula is C24H26N2O. The van der Waals surface area contributed by atoms with Gasteiger partial charge in [-0.2, -0.15) is 0 Å². The Hall–Kier alpha value is -2.91. The second kappa shape index (κ2) is 9.15. The molecule has 0 radical (unpaired) electrons. The average molecular weight is 358 g/mol. The van der Waals surface area contributed by atoms with E-state index in [1.807, 2.05) is 85.8 Å². The van der Waals surface area contributed by atoms with Crippen molar-refractivity contribution in [3.8, 4) is 0 Å². The zero-order valence-electron chi connectivity index (χ0n) is 15.8. The van der Waals surface area contributed by atoms with Crippen LogP contribution < -0.4 is 10.6 Å². The first-order valence-electron chi connectivity index (χ1n) is 9.36. The van der Waals surface area contributed by atoms with Gasteiger partial charge in [0.1, 0.15) is 0 Å². The second-order valence-electron chi connectivity index (χ2n) is 6.78. The van der Waals surface area contributed by atoms with E-state index in [9.17, 15) is 4.79 Å². The molecule has 0 heterocycles. The Labute approximate surface area is 161 Å². The lowest BCUT2D eigenvalue weighted by molar-refractivity contribution is -0.123. The van der Waals surface area contributed by atoms with Crippen LogP contribution in [0.5, 0.6) is 0 Å². The minimum Gasteiger partial charge on any atom is -0.344 e. The van der Waals surface area contributed by atoms with E-state index in [4.69, 9.17) is 0 Å². The van der Waals surface area contributed by atoms with E-state index in [1.165, 1.54) is 5.56 Å². The van der Waals surface area contributed by atoms with E-state index in [1.54, 1.807) is 0 Å². The molecule has 27 heavy (non-hydrogen) atoms. The molecule has 0 aromatic heterocycles. The fourth-order valence-corrected chi connectivity index (χ4v) is 3.21. The zero-order valence-corrected chi connectivity index (χ0v) is 15.8. The lowest BCUT2D eigenvalue weighted by atomic mass is 9.98. The largest absolute Gasteiger partial charge is 0.344 e. The zero-order chi connectivity index (χ0) is 19.1. The van der Waals surface area contributed by atoms with Gasteiger partial charge in [-0.05, 0) is 30.5 Å². The quantitative estimate of drug-likeness (QED) is 0.646. The molecule has 1 amide bonds. The highest BCUT2D eigenvalue weighted by atomic mass is 16.2. The summed E-state index contributed by atoms with van der Waals surface area (Å²) in [6, 6.07) is 29.9. The molecule has 2 atom stereocenters. The molecule has 0 saturated carbocycles. The van der Waals surface area contributed by atoms with E-state index in [0.717, 1.165) is 11.1 Å². The first-order valence-corrected chi connectivity index (χ1v) is 9.36. The van der Waals surface area contributed by atoms with Crippen molar-refractivity contribution in [2.75, 3.05) is 0 Å². The van der Waals surface area contributed by atoms with Crippen molar-refractivity contribution < 1.29 is 4.79 Å². The van der Waals surface area contributed by atoms with Crippen LogP contribution in [0.25, 0.3) is 0 Å². The highest BCUT2D eigenvalue weighted by Gasteiger charge is 2.21. The van der Waals surface area contributed by atoms with E-state index < -0.39 is 0 Å². The third kappa shape index (κ3) is 5.05. The standard InChI is InChI=1S/C24H26N2O/c1-18(20-12-6-3-7-13-20)25-19(2)24(27)26-23(21-14-8-4-9-15-21)22-16-10-5-11-17-22/h3-19,23,25H,1-2H3,(H,26,27)/t18-,19-/m1/s1. The first kappa shape index (κ1) is 18.9. The van der Waals surface area contributed by atoms with Crippen molar-refractivity contribution in [3.05, 3.63) is 108 Å². The van der Waals surface area contributed by atoms with Crippen LogP contribution in [0.2, 0.25) is 0 Å². The number of hydrogen-bond acceptors (Lipinski definition) is 2. The summed E-state index contributed by atoms with van der Waals surface area (Å²) in [4.78, 5) is 12.9. The van der Waals surface area contributed by atoms with Crippen molar-refractivity contribution in [3.63, 3.8) is 0 Å². The molecule has 3 nitrogen and oxygen atoms in total. The molecule has 0 unspecified atom stereocenters. The Morgan fingerprint density at radius 1 is 0.667 bits per heavy atom. The molecule has 3 rings (SSSR count). The van der Waals surface area contributed by atoms with Gasteiger partial charge in [-0.15, -0.1) is 0 Å². The number of carbonyl (C=O) groups is 1. The van der Waals surface area contributed by atoms with Gasteiger partial charge in [-0.1, -0.05) is 91.0 Å². The number of nitrogens with one attached hydrogen (secondary N) is 2. The Morgan fingerprint density at radius 3 is 1.52 bits per heavy atom. The van der Waals surface area contributed by atoms with Crippen molar-refractivity contribution in [1.82, 2.24) is 10.6 Å². The fraction of sp³-hybridized carbons (Fsp3) is 0.208. The maximum absolute atomic E-state index is 12.9. The molecular weight excluding hydrogens is 332 g/mol. The molecule has 0 bridgehead atoms. The molecule has 0 saturated heterocycles. The Balaban J connectivity index is 1.72. The van der Waals surface area contributed by atoms with Gasteiger partial charge in [0.25, 0.3) is 0 Å². The van der Waals surface area contributed by atoms with Crippen molar-refractivity contribution >= 4 is 5.91 Å². The maximum atomic E-state index is 12.9. The summed E-state index contributed by atoms with van der Waals surface area (Å²) in [5.74, 6) is -0.0181. The van der Waals surface area contributed by atoms with Crippen LogP contribution in [0.4, 0.5) is 0 Å². The fourth-order valence-electron chi connectivity index (χ4n) is 3.21. The van der Waals surface area contributed by atoms with Crippen molar-refractivity contribution in [1.29, 1.82) is 0 Å². The van der Waals surface area contributed by atoms with Crippen molar-refractivity contribution in [2.24, 2.45) is 0 Å². The van der Waals surface area contributed by atoms with Gasteiger partial charge in [0.2, 0.25) is 5.91 Å². The van der Waals surface area contributed by atoms with E-state index in [2.05, 4.69) is 29.7 Å². The number of benzene rings is 3. The van der Waals surface area contributed by atoms with Gasteiger partial charge in [0, 0.05) is 6.04 Å². The van der Waals surface area contributed by atoms with Crippen LogP contribution in [0.15, 0.2) is 91.0 Å². The highest BCUT2D eigenvalue weighted by molar-refractivity contribution is 5.82. The molecule has 0 aliphatic carbocycles. The van der Waals surface area contributed by atoms with Crippen molar-refractivity contribution in [2.45, 2.75) is 32.0 Å². The lowest BCUT2D eigenvalue weighted by Gasteiger charge is -2.24. The average Bonchev–Trinajstić information content (AvgIpc) is 2.73. The van der Waals surface area contributed by atoms with Crippen LogP contribution >= 0.6 is 0 Å². The van der Waals surface area contributed by atoms with Crippen LogP contribution in [0, 0.1) is 0 Å². The molecule has 0 fully saturated rings. The van der Waals surface area contributed by atoms with Gasteiger partial charge in [0.05, 0.1) is 12.1 Å². The monoisotopic (exact) mass is 358 g/mol. The van der Waals surface area contributed by atoms with E-state index in [-0.39, 0.29) is 24.0 Å². The molecule has 3 heteroatoms. The van der Waals surface area contributed by atoms with Gasteiger partial charge in [-0.3, -0.25) is 10.1 Å². The summed E-state index contributed by atoms with van der Waals surface area (Å²) in [6.07, 6.45) is 0. The summed E-state index contributed by atoms with van der Waals surface area (Å²) >= 11 is 0. The molecule has 138 valence electrons. The smallest absolute Gasteiger partial charge is 0.237 e. The van der Waals surface area contributed by atoms with Gasteiger partial charge >= 0.3 is 0 Å². The van der Waals surface area contributed by atoms with E-state index >= 15 is 0 Å². The molecule has 3 aromatic carbocycles. The SMILES string of the molecule is C[C@@H](N[C@H](C)c1ccccc1)C(=O)NC(c1ccccc1)c1ccccc1. The van der Waals surface area contributed by atoms with Gasteiger partial charge < -0.3 is 5.32 Å². The highest BCUT2D eigenvalue weighted by Crippen LogP contribution is 2.22. The van der Waals surface area contributed by atoms with Crippen LogP contribution in [-0.2, 0) is 4.79 Å². The predicted octanol–water partition coefficient (Wildman–Crippen LogP) is 4.63.